The molecule has 0 aliphatic carbocycles. The SMILES string of the molecule is CC(C)OC(=O)c1ccncc1I. The highest BCUT2D eigenvalue weighted by molar-refractivity contribution is 14.1. The van der Waals surface area contributed by atoms with Gasteiger partial charge in [-0.15, -0.1) is 0 Å². The fraction of sp³-hybridized carbons (Fsp3) is 0.333. The smallest absolute Gasteiger partial charge is 0.339 e. The van der Waals surface area contributed by atoms with Crippen molar-refractivity contribution in [2.45, 2.75) is 20.0 Å². The lowest BCUT2D eigenvalue weighted by Crippen LogP contribution is -2.12. The number of hydrogen-bond donors (Lipinski definition) is 0. The Hall–Kier alpha value is -0.650. The molecule has 0 spiro atoms. The van der Waals surface area contributed by atoms with Gasteiger partial charge in [-0.1, -0.05) is 0 Å². The highest BCUT2D eigenvalue weighted by atomic mass is 127. The topological polar surface area (TPSA) is 39.2 Å². The van der Waals surface area contributed by atoms with E-state index in [1.54, 1.807) is 18.5 Å². The van der Waals surface area contributed by atoms with Crippen molar-refractivity contribution in [2.24, 2.45) is 0 Å². The van der Waals surface area contributed by atoms with E-state index in [0.29, 0.717) is 5.56 Å². The zero-order valence-electron chi connectivity index (χ0n) is 7.45. The second kappa shape index (κ2) is 4.55. The molecule has 1 heterocycles. The summed E-state index contributed by atoms with van der Waals surface area (Å²) >= 11 is 2.06. The summed E-state index contributed by atoms with van der Waals surface area (Å²) in [5.74, 6) is -0.290. The van der Waals surface area contributed by atoms with Crippen LogP contribution in [0.25, 0.3) is 0 Å². The first kappa shape index (κ1) is 10.4. The zero-order valence-corrected chi connectivity index (χ0v) is 9.61. The van der Waals surface area contributed by atoms with Crippen molar-refractivity contribution < 1.29 is 9.53 Å². The number of rotatable bonds is 2. The maximum absolute atomic E-state index is 11.4. The number of esters is 1. The number of halogens is 1. The van der Waals surface area contributed by atoms with Gasteiger partial charge in [0.05, 0.1) is 11.7 Å². The van der Waals surface area contributed by atoms with Crippen LogP contribution >= 0.6 is 22.6 Å². The van der Waals surface area contributed by atoms with Gasteiger partial charge < -0.3 is 4.74 Å². The first-order chi connectivity index (χ1) is 6.11. The summed E-state index contributed by atoms with van der Waals surface area (Å²) in [5, 5.41) is 0. The van der Waals surface area contributed by atoms with Gasteiger partial charge in [-0.3, -0.25) is 4.98 Å². The molecule has 0 saturated heterocycles. The third-order valence-corrected chi connectivity index (χ3v) is 2.19. The predicted molar refractivity (Wildman–Crippen MR) is 57.5 cm³/mol. The average Bonchev–Trinajstić information content (AvgIpc) is 2.03. The van der Waals surface area contributed by atoms with E-state index in [4.69, 9.17) is 4.74 Å². The normalized spacial score (nSPS) is 10.2. The summed E-state index contributed by atoms with van der Waals surface area (Å²) in [7, 11) is 0. The Morgan fingerprint density at radius 3 is 2.85 bits per heavy atom. The lowest BCUT2D eigenvalue weighted by atomic mass is 10.3. The van der Waals surface area contributed by atoms with E-state index in [0.717, 1.165) is 3.57 Å². The number of carbonyl (C=O) groups excluding carboxylic acids is 1. The highest BCUT2D eigenvalue weighted by Gasteiger charge is 2.11. The Morgan fingerprint density at radius 1 is 1.62 bits per heavy atom. The number of nitrogens with zero attached hydrogens (tertiary/aromatic N) is 1. The molecule has 0 unspecified atom stereocenters. The first-order valence-corrected chi connectivity index (χ1v) is 4.99. The summed E-state index contributed by atoms with van der Waals surface area (Å²) in [4.78, 5) is 15.3. The maximum Gasteiger partial charge on any atom is 0.339 e. The summed E-state index contributed by atoms with van der Waals surface area (Å²) in [6, 6.07) is 1.66. The van der Waals surface area contributed by atoms with Crippen molar-refractivity contribution in [3.05, 3.63) is 27.6 Å². The van der Waals surface area contributed by atoms with Crippen molar-refractivity contribution in [1.29, 1.82) is 0 Å². The van der Waals surface area contributed by atoms with E-state index in [1.807, 2.05) is 13.8 Å². The van der Waals surface area contributed by atoms with Gasteiger partial charge in [0.15, 0.2) is 0 Å². The van der Waals surface area contributed by atoms with Crippen LogP contribution in [0.15, 0.2) is 18.5 Å². The number of ether oxygens (including phenoxy) is 1. The van der Waals surface area contributed by atoms with E-state index in [1.165, 1.54) is 0 Å². The Bertz CT molecular complexity index is 312. The minimum Gasteiger partial charge on any atom is -0.459 e. The predicted octanol–water partition coefficient (Wildman–Crippen LogP) is 2.25. The van der Waals surface area contributed by atoms with Crippen LogP contribution in [0.4, 0.5) is 0 Å². The standard InChI is InChI=1S/C9H10INO2/c1-6(2)13-9(12)7-3-4-11-5-8(7)10/h3-6H,1-2H3. The third-order valence-electron chi connectivity index (χ3n) is 1.34. The van der Waals surface area contributed by atoms with E-state index in [9.17, 15) is 4.79 Å². The summed E-state index contributed by atoms with van der Waals surface area (Å²) in [6.07, 6.45) is 3.13. The quantitative estimate of drug-likeness (QED) is 0.619. The largest absolute Gasteiger partial charge is 0.459 e. The fourth-order valence-electron chi connectivity index (χ4n) is 0.818. The number of pyridine rings is 1. The molecule has 1 rings (SSSR count). The van der Waals surface area contributed by atoms with Gasteiger partial charge in [0.25, 0.3) is 0 Å². The van der Waals surface area contributed by atoms with Gasteiger partial charge in [0.1, 0.15) is 0 Å². The third kappa shape index (κ3) is 2.95. The van der Waals surface area contributed by atoms with E-state index >= 15 is 0 Å². The van der Waals surface area contributed by atoms with Gasteiger partial charge >= 0.3 is 5.97 Å². The highest BCUT2D eigenvalue weighted by Crippen LogP contribution is 2.11. The van der Waals surface area contributed by atoms with Crippen LogP contribution in [0.5, 0.6) is 0 Å². The van der Waals surface area contributed by atoms with Crippen LogP contribution in [-0.4, -0.2) is 17.1 Å². The molecule has 0 N–H and O–H groups in total. The van der Waals surface area contributed by atoms with E-state index < -0.39 is 0 Å². The lowest BCUT2D eigenvalue weighted by Gasteiger charge is -2.08. The van der Waals surface area contributed by atoms with Crippen molar-refractivity contribution in [1.82, 2.24) is 4.98 Å². The molecular weight excluding hydrogens is 281 g/mol. The molecule has 0 saturated carbocycles. The molecule has 0 amide bonds. The summed E-state index contributed by atoms with van der Waals surface area (Å²) < 4.78 is 5.86. The Labute approximate surface area is 90.6 Å². The van der Waals surface area contributed by atoms with Crippen LogP contribution in [0.2, 0.25) is 0 Å². The minimum atomic E-state index is -0.290. The number of carbonyl (C=O) groups is 1. The number of aromatic nitrogens is 1. The zero-order chi connectivity index (χ0) is 9.84. The van der Waals surface area contributed by atoms with Crippen molar-refractivity contribution in [2.75, 3.05) is 0 Å². The fourth-order valence-corrected chi connectivity index (χ4v) is 1.38. The molecule has 0 aliphatic rings. The molecule has 0 atom stereocenters. The minimum absolute atomic E-state index is 0.0866. The molecule has 0 aromatic carbocycles. The van der Waals surface area contributed by atoms with Crippen molar-refractivity contribution in [3.63, 3.8) is 0 Å². The average molecular weight is 291 g/mol. The molecule has 0 radical (unpaired) electrons. The van der Waals surface area contributed by atoms with Gasteiger partial charge in [-0.25, -0.2) is 4.79 Å². The Morgan fingerprint density at radius 2 is 2.31 bits per heavy atom. The maximum atomic E-state index is 11.4. The molecule has 0 bridgehead atoms. The van der Waals surface area contributed by atoms with E-state index in [2.05, 4.69) is 27.6 Å². The van der Waals surface area contributed by atoms with Gasteiger partial charge in [-0.2, -0.15) is 0 Å². The van der Waals surface area contributed by atoms with Crippen molar-refractivity contribution >= 4 is 28.6 Å². The molecule has 70 valence electrons. The van der Waals surface area contributed by atoms with Gasteiger partial charge in [0.2, 0.25) is 0 Å². The Balaban J connectivity index is 2.83. The van der Waals surface area contributed by atoms with Crippen molar-refractivity contribution in [3.8, 4) is 0 Å². The van der Waals surface area contributed by atoms with Crippen LogP contribution < -0.4 is 0 Å². The van der Waals surface area contributed by atoms with Crippen LogP contribution in [-0.2, 0) is 4.74 Å². The van der Waals surface area contributed by atoms with Gasteiger partial charge in [-0.05, 0) is 42.5 Å². The van der Waals surface area contributed by atoms with Crippen LogP contribution in [0.1, 0.15) is 24.2 Å². The van der Waals surface area contributed by atoms with Crippen LogP contribution in [0, 0.1) is 3.57 Å². The summed E-state index contributed by atoms with van der Waals surface area (Å²) in [5.41, 5.74) is 0.573. The molecular formula is C9H10INO2. The molecule has 0 aliphatic heterocycles. The van der Waals surface area contributed by atoms with Gasteiger partial charge in [0, 0.05) is 16.0 Å². The molecule has 4 heteroatoms. The van der Waals surface area contributed by atoms with Crippen LogP contribution in [0.3, 0.4) is 0 Å². The lowest BCUT2D eigenvalue weighted by molar-refractivity contribution is 0.0376. The molecule has 13 heavy (non-hydrogen) atoms. The molecule has 3 nitrogen and oxygen atoms in total. The first-order valence-electron chi connectivity index (χ1n) is 3.91. The molecule has 1 aromatic heterocycles. The second-order valence-electron chi connectivity index (χ2n) is 2.81. The molecule has 0 fully saturated rings. The molecule has 1 aromatic rings. The second-order valence-corrected chi connectivity index (χ2v) is 3.97. The Kier molecular flexibility index (Phi) is 3.65. The monoisotopic (exact) mass is 291 g/mol. The summed E-state index contributed by atoms with van der Waals surface area (Å²) in [6.45, 7) is 3.65. The number of hydrogen-bond acceptors (Lipinski definition) is 3. The van der Waals surface area contributed by atoms with E-state index in [-0.39, 0.29) is 12.1 Å².